The highest BCUT2D eigenvalue weighted by molar-refractivity contribution is 7.86. The fourth-order valence-corrected chi connectivity index (χ4v) is 3.32. The monoisotopic (exact) mass is 282 g/mol. The van der Waals surface area contributed by atoms with Crippen LogP contribution in [-0.2, 0) is 14.3 Å². The first kappa shape index (κ1) is 15.5. The minimum absolute atomic E-state index is 0.146. The standard InChI is InChI=1S/C14H18O4S/c1-6-7-17-13-8-11(4)14(12(5)9-13)19(15,16)18-10(2)3/h1,8-10H,7H2,2-5H3. The molecular weight excluding hydrogens is 264 g/mol. The van der Waals surface area contributed by atoms with E-state index in [1.54, 1.807) is 39.8 Å². The number of aryl methyl sites for hydroxylation is 2. The van der Waals surface area contributed by atoms with E-state index in [0.29, 0.717) is 16.9 Å². The summed E-state index contributed by atoms with van der Waals surface area (Å²) in [6, 6.07) is 3.28. The summed E-state index contributed by atoms with van der Waals surface area (Å²) in [5.41, 5.74) is 1.15. The molecule has 0 aromatic heterocycles. The molecule has 1 rings (SSSR count). The van der Waals surface area contributed by atoms with Gasteiger partial charge in [0, 0.05) is 0 Å². The number of rotatable bonds is 5. The zero-order valence-electron chi connectivity index (χ0n) is 11.6. The number of ether oxygens (including phenoxy) is 1. The van der Waals surface area contributed by atoms with E-state index in [1.807, 2.05) is 0 Å². The number of terminal acetylenes is 1. The average Bonchev–Trinajstić information content (AvgIpc) is 2.22. The molecule has 1 aromatic carbocycles. The lowest BCUT2D eigenvalue weighted by molar-refractivity contribution is 0.248. The van der Waals surface area contributed by atoms with E-state index in [9.17, 15) is 8.42 Å². The Hall–Kier alpha value is -1.51. The van der Waals surface area contributed by atoms with Crippen LogP contribution in [0.4, 0.5) is 0 Å². The predicted molar refractivity (Wildman–Crippen MR) is 73.7 cm³/mol. The van der Waals surface area contributed by atoms with E-state index in [1.165, 1.54) is 0 Å². The second-order valence-electron chi connectivity index (χ2n) is 4.48. The van der Waals surface area contributed by atoms with Crippen molar-refractivity contribution in [2.24, 2.45) is 0 Å². The lowest BCUT2D eigenvalue weighted by Gasteiger charge is -2.14. The Morgan fingerprint density at radius 1 is 1.26 bits per heavy atom. The van der Waals surface area contributed by atoms with E-state index in [-0.39, 0.29) is 11.5 Å². The Morgan fingerprint density at radius 2 is 1.79 bits per heavy atom. The topological polar surface area (TPSA) is 52.6 Å². The molecule has 0 amide bonds. The van der Waals surface area contributed by atoms with Crippen LogP contribution in [0.2, 0.25) is 0 Å². The van der Waals surface area contributed by atoms with Crippen LogP contribution in [0.3, 0.4) is 0 Å². The van der Waals surface area contributed by atoms with Crippen molar-refractivity contribution in [3.8, 4) is 18.1 Å². The number of hydrogen-bond donors (Lipinski definition) is 0. The van der Waals surface area contributed by atoms with Crippen molar-refractivity contribution in [3.05, 3.63) is 23.3 Å². The average molecular weight is 282 g/mol. The molecule has 104 valence electrons. The smallest absolute Gasteiger partial charge is 0.297 e. The summed E-state index contributed by atoms with van der Waals surface area (Å²) in [5, 5.41) is 0. The second-order valence-corrected chi connectivity index (χ2v) is 5.99. The molecule has 0 fully saturated rings. The maximum atomic E-state index is 12.1. The van der Waals surface area contributed by atoms with Gasteiger partial charge in [-0.3, -0.25) is 4.18 Å². The minimum atomic E-state index is -3.75. The summed E-state index contributed by atoms with van der Waals surface area (Å²) in [5.74, 6) is 2.91. The van der Waals surface area contributed by atoms with Crippen molar-refractivity contribution in [2.75, 3.05) is 6.61 Å². The third-order valence-electron chi connectivity index (χ3n) is 2.33. The Kier molecular flexibility index (Phi) is 4.98. The molecule has 0 spiro atoms. The summed E-state index contributed by atoms with van der Waals surface area (Å²) in [4.78, 5) is 0.189. The first-order valence-corrected chi connectivity index (χ1v) is 7.29. The lowest BCUT2D eigenvalue weighted by atomic mass is 10.1. The Balaban J connectivity index is 3.21. The molecular formula is C14H18O4S. The van der Waals surface area contributed by atoms with Gasteiger partial charge in [-0.25, -0.2) is 0 Å². The molecule has 0 atom stereocenters. The summed E-state index contributed by atoms with van der Waals surface area (Å²) in [7, 11) is -3.75. The van der Waals surface area contributed by atoms with Gasteiger partial charge in [0.1, 0.15) is 17.3 Å². The van der Waals surface area contributed by atoms with Crippen molar-refractivity contribution in [1.29, 1.82) is 0 Å². The number of hydrogen-bond acceptors (Lipinski definition) is 4. The van der Waals surface area contributed by atoms with Gasteiger partial charge in [0.15, 0.2) is 0 Å². The van der Waals surface area contributed by atoms with Gasteiger partial charge < -0.3 is 4.74 Å². The molecule has 0 aliphatic carbocycles. The lowest BCUT2D eigenvalue weighted by Crippen LogP contribution is -2.15. The molecule has 4 nitrogen and oxygen atoms in total. The Labute approximate surface area is 114 Å². The summed E-state index contributed by atoms with van der Waals surface area (Å²) in [6.45, 7) is 6.89. The van der Waals surface area contributed by atoms with Crippen LogP contribution < -0.4 is 4.74 Å². The zero-order valence-corrected chi connectivity index (χ0v) is 12.4. The third kappa shape index (κ3) is 3.98. The summed E-state index contributed by atoms with van der Waals surface area (Å²) >= 11 is 0. The van der Waals surface area contributed by atoms with Crippen LogP contribution >= 0.6 is 0 Å². The molecule has 0 radical (unpaired) electrons. The maximum Gasteiger partial charge on any atom is 0.297 e. The second kappa shape index (κ2) is 6.09. The molecule has 0 aliphatic rings. The van der Waals surface area contributed by atoms with Crippen LogP contribution in [-0.4, -0.2) is 21.1 Å². The predicted octanol–water partition coefficient (Wildman–Crippen LogP) is 2.43. The Morgan fingerprint density at radius 3 is 2.21 bits per heavy atom. The Bertz CT molecular complexity index is 571. The van der Waals surface area contributed by atoms with Gasteiger partial charge in [-0.15, -0.1) is 6.42 Å². The van der Waals surface area contributed by atoms with Gasteiger partial charge in [0.2, 0.25) is 0 Å². The first-order valence-electron chi connectivity index (χ1n) is 5.88. The summed E-state index contributed by atoms with van der Waals surface area (Å²) in [6.07, 6.45) is 4.71. The molecule has 0 unspecified atom stereocenters. The molecule has 19 heavy (non-hydrogen) atoms. The highest BCUT2D eigenvalue weighted by Crippen LogP contribution is 2.27. The number of benzene rings is 1. The largest absolute Gasteiger partial charge is 0.481 e. The van der Waals surface area contributed by atoms with Gasteiger partial charge >= 0.3 is 0 Å². The van der Waals surface area contributed by atoms with Crippen molar-refractivity contribution in [2.45, 2.75) is 38.7 Å². The van der Waals surface area contributed by atoms with Crippen LogP contribution in [0.25, 0.3) is 0 Å². The third-order valence-corrected chi connectivity index (χ3v) is 4.11. The highest BCUT2D eigenvalue weighted by Gasteiger charge is 2.22. The summed E-state index contributed by atoms with van der Waals surface area (Å²) < 4.78 is 34.5. The fourth-order valence-electron chi connectivity index (χ4n) is 1.81. The molecule has 1 aromatic rings. The van der Waals surface area contributed by atoms with Gasteiger partial charge in [-0.1, -0.05) is 5.92 Å². The van der Waals surface area contributed by atoms with E-state index < -0.39 is 16.2 Å². The van der Waals surface area contributed by atoms with E-state index >= 15 is 0 Å². The molecule has 5 heteroatoms. The SMILES string of the molecule is C#CCOc1cc(C)c(S(=O)(=O)OC(C)C)c(C)c1. The molecule has 0 bridgehead atoms. The van der Waals surface area contributed by atoms with Crippen molar-refractivity contribution in [3.63, 3.8) is 0 Å². The fraction of sp³-hybridized carbons (Fsp3) is 0.429. The first-order chi connectivity index (χ1) is 8.77. The van der Waals surface area contributed by atoms with Crippen LogP contribution in [0.1, 0.15) is 25.0 Å². The van der Waals surface area contributed by atoms with Gasteiger partial charge in [0.05, 0.1) is 6.10 Å². The van der Waals surface area contributed by atoms with E-state index in [4.69, 9.17) is 15.3 Å². The van der Waals surface area contributed by atoms with Gasteiger partial charge in [-0.05, 0) is 51.0 Å². The molecule has 0 saturated heterocycles. The van der Waals surface area contributed by atoms with Crippen molar-refractivity contribution >= 4 is 10.1 Å². The van der Waals surface area contributed by atoms with Crippen LogP contribution in [0.15, 0.2) is 17.0 Å². The van der Waals surface area contributed by atoms with Crippen molar-refractivity contribution in [1.82, 2.24) is 0 Å². The zero-order chi connectivity index (χ0) is 14.6. The highest BCUT2D eigenvalue weighted by atomic mass is 32.2. The van der Waals surface area contributed by atoms with Gasteiger partial charge in [0.25, 0.3) is 10.1 Å². The normalized spacial score (nSPS) is 11.4. The van der Waals surface area contributed by atoms with E-state index in [0.717, 1.165) is 0 Å². The molecule has 0 N–H and O–H groups in total. The van der Waals surface area contributed by atoms with E-state index in [2.05, 4.69) is 5.92 Å². The molecule has 0 saturated carbocycles. The minimum Gasteiger partial charge on any atom is -0.481 e. The molecule has 0 aliphatic heterocycles. The maximum absolute atomic E-state index is 12.1. The van der Waals surface area contributed by atoms with Crippen LogP contribution in [0.5, 0.6) is 5.75 Å². The quantitative estimate of drug-likeness (QED) is 0.615. The van der Waals surface area contributed by atoms with Gasteiger partial charge in [-0.2, -0.15) is 8.42 Å². The van der Waals surface area contributed by atoms with Crippen molar-refractivity contribution < 1.29 is 17.3 Å². The van der Waals surface area contributed by atoms with Crippen LogP contribution in [0, 0.1) is 26.2 Å². The molecule has 0 heterocycles.